The maximum atomic E-state index is 7.29. The van der Waals surface area contributed by atoms with Gasteiger partial charge in [0.25, 0.3) is 8.32 Å². The van der Waals surface area contributed by atoms with Crippen molar-refractivity contribution in [3.8, 4) is 0 Å². The molecule has 31 heavy (non-hydrogen) atoms. The van der Waals surface area contributed by atoms with E-state index in [4.69, 9.17) is 4.43 Å². The van der Waals surface area contributed by atoms with Crippen LogP contribution in [0.3, 0.4) is 0 Å². The Bertz CT molecular complexity index is 829. The smallest absolute Gasteiger partial charge is 0.261 e. The Morgan fingerprint density at radius 3 is 1.94 bits per heavy atom. The summed E-state index contributed by atoms with van der Waals surface area (Å²) in [6.07, 6.45) is 7.14. The van der Waals surface area contributed by atoms with Crippen LogP contribution in [-0.4, -0.2) is 20.3 Å². The van der Waals surface area contributed by atoms with Gasteiger partial charge in [-0.3, -0.25) is 0 Å². The van der Waals surface area contributed by atoms with Crippen LogP contribution in [0, 0.1) is 16.7 Å². The van der Waals surface area contributed by atoms with Crippen LogP contribution in [0.25, 0.3) is 0 Å². The molecule has 2 atom stereocenters. The fourth-order valence-corrected chi connectivity index (χ4v) is 10.3. The van der Waals surface area contributed by atoms with Crippen molar-refractivity contribution in [1.29, 1.82) is 0 Å². The molecule has 2 aromatic carbocycles. The maximum Gasteiger partial charge on any atom is 0.261 e. The highest BCUT2D eigenvalue weighted by Gasteiger charge is 2.54. The second-order valence-corrected chi connectivity index (χ2v) is 15.9. The zero-order valence-electron chi connectivity index (χ0n) is 20.1. The molecule has 0 spiro atoms. The first kappa shape index (κ1) is 24.5. The van der Waals surface area contributed by atoms with E-state index in [-0.39, 0.29) is 15.9 Å². The first-order valence-electron chi connectivity index (χ1n) is 11.6. The molecule has 1 aliphatic rings. The van der Waals surface area contributed by atoms with Gasteiger partial charge in [-0.15, -0.1) is 0 Å². The van der Waals surface area contributed by atoms with Gasteiger partial charge in [0.1, 0.15) is 0 Å². The number of hydrogen-bond donors (Lipinski definition) is 0. The van der Waals surface area contributed by atoms with Crippen molar-refractivity contribution in [1.82, 2.24) is 0 Å². The van der Waals surface area contributed by atoms with Crippen molar-refractivity contribution < 1.29 is 4.43 Å². The highest BCUT2D eigenvalue weighted by atomic mass is 79.9. The molecule has 0 radical (unpaired) electrons. The summed E-state index contributed by atoms with van der Waals surface area (Å²) in [5, 5.41) is 3.68. The van der Waals surface area contributed by atoms with Crippen LogP contribution in [-0.2, 0) is 4.43 Å². The molecule has 0 heterocycles. The van der Waals surface area contributed by atoms with Gasteiger partial charge in [-0.25, -0.2) is 0 Å². The first-order valence-corrected chi connectivity index (χ1v) is 14.6. The quantitative estimate of drug-likeness (QED) is 0.227. The number of alkyl halides is 1. The molecule has 0 bridgehead atoms. The molecule has 0 N–H and O–H groups in total. The standard InChI is InChI=1S/C28H39BrOSi/c1-26(2,3)31(24-14-9-7-10-15-24,25-16-11-8-12-17-25)30-22-23-18-20-28(6,19-13-21-29)27(23,4)5/h7-17,19,23H,18,20-22H2,1-6H3/b19-13+/t23-,28-/m0/s1. The minimum atomic E-state index is -2.48. The number of benzene rings is 2. The van der Waals surface area contributed by atoms with Crippen LogP contribution >= 0.6 is 15.9 Å². The van der Waals surface area contributed by atoms with Crippen LogP contribution in [0.5, 0.6) is 0 Å². The first-order chi connectivity index (χ1) is 14.6. The van der Waals surface area contributed by atoms with Crippen molar-refractivity contribution in [3.05, 3.63) is 72.8 Å². The third kappa shape index (κ3) is 4.51. The largest absolute Gasteiger partial charge is 0.407 e. The SMILES string of the molecule is CC1(C)[C@H](CO[Si](c2ccccc2)(c2ccccc2)C(C)(C)C)CC[C@]1(C)/C=C/CBr. The van der Waals surface area contributed by atoms with E-state index < -0.39 is 8.32 Å². The number of rotatable bonds is 7. The Morgan fingerprint density at radius 1 is 0.968 bits per heavy atom. The van der Waals surface area contributed by atoms with Gasteiger partial charge in [0.2, 0.25) is 0 Å². The molecule has 0 aromatic heterocycles. The van der Waals surface area contributed by atoms with Gasteiger partial charge in [0, 0.05) is 11.9 Å². The van der Waals surface area contributed by atoms with E-state index >= 15 is 0 Å². The van der Waals surface area contributed by atoms with Crippen LogP contribution in [0.1, 0.15) is 54.4 Å². The molecule has 1 fully saturated rings. The van der Waals surface area contributed by atoms with Gasteiger partial charge in [-0.1, -0.05) is 130 Å². The molecule has 0 unspecified atom stereocenters. The summed E-state index contributed by atoms with van der Waals surface area (Å²) in [6.45, 7) is 15.2. The number of halogens is 1. The lowest BCUT2D eigenvalue weighted by molar-refractivity contribution is 0.0912. The summed E-state index contributed by atoms with van der Waals surface area (Å²) in [6, 6.07) is 22.0. The number of allylic oxidation sites excluding steroid dienone is 2. The lowest BCUT2D eigenvalue weighted by atomic mass is 9.66. The molecule has 1 nitrogen and oxygen atoms in total. The van der Waals surface area contributed by atoms with Crippen molar-refractivity contribution in [2.45, 2.75) is 59.4 Å². The lowest BCUT2D eigenvalue weighted by Crippen LogP contribution is -2.67. The monoisotopic (exact) mass is 498 g/mol. The third-order valence-corrected chi connectivity index (χ3v) is 13.4. The normalized spacial score (nSPS) is 24.0. The molecule has 3 heteroatoms. The fourth-order valence-electron chi connectivity index (χ4n) is 5.51. The molecular weight excluding hydrogens is 460 g/mol. The summed E-state index contributed by atoms with van der Waals surface area (Å²) in [4.78, 5) is 0. The van der Waals surface area contributed by atoms with Crippen molar-refractivity contribution >= 4 is 34.6 Å². The highest BCUT2D eigenvalue weighted by molar-refractivity contribution is 9.09. The predicted octanol–water partition coefficient (Wildman–Crippen LogP) is 6.96. The summed E-state index contributed by atoms with van der Waals surface area (Å²) in [5.41, 5.74) is 0.400. The van der Waals surface area contributed by atoms with E-state index in [1.807, 2.05) is 0 Å². The summed E-state index contributed by atoms with van der Waals surface area (Å²) < 4.78 is 7.29. The van der Waals surface area contributed by atoms with E-state index in [9.17, 15) is 0 Å². The molecule has 1 saturated carbocycles. The molecule has 0 saturated heterocycles. The van der Waals surface area contributed by atoms with E-state index in [2.05, 4.69) is 130 Å². The van der Waals surface area contributed by atoms with Gasteiger partial charge in [-0.2, -0.15) is 0 Å². The third-order valence-electron chi connectivity index (χ3n) is 8.00. The lowest BCUT2D eigenvalue weighted by Gasteiger charge is -2.45. The maximum absolute atomic E-state index is 7.29. The molecule has 0 aliphatic heterocycles. The molecule has 3 rings (SSSR count). The van der Waals surface area contributed by atoms with E-state index in [0.717, 1.165) is 11.9 Å². The van der Waals surface area contributed by atoms with Gasteiger partial charge in [0.15, 0.2) is 0 Å². The van der Waals surface area contributed by atoms with Crippen molar-refractivity contribution in [2.75, 3.05) is 11.9 Å². The van der Waals surface area contributed by atoms with E-state index in [1.165, 1.54) is 23.2 Å². The minimum Gasteiger partial charge on any atom is -0.407 e. The minimum absolute atomic E-state index is 0.0254. The average Bonchev–Trinajstić information content (AvgIpc) is 2.97. The van der Waals surface area contributed by atoms with Gasteiger partial charge in [-0.05, 0) is 45.0 Å². The Hall–Kier alpha value is -1.16. The number of hydrogen-bond acceptors (Lipinski definition) is 1. The second kappa shape index (κ2) is 9.37. The van der Waals surface area contributed by atoms with Crippen LogP contribution in [0.15, 0.2) is 72.8 Å². The topological polar surface area (TPSA) is 9.23 Å². The summed E-state index contributed by atoms with van der Waals surface area (Å²) in [7, 11) is -2.48. The zero-order chi connectivity index (χ0) is 22.8. The van der Waals surface area contributed by atoms with Gasteiger partial charge >= 0.3 is 0 Å². The fraction of sp³-hybridized carbons (Fsp3) is 0.500. The zero-order valence-corrected chi connectivity index (χ0v) is 22.7. The Kier molecular flexibility index (Phi) is 7.40. The van der Waals surface area contributed by atoms with Crippen LogP contribution in [0.4, 0.5) is 0 Å². The highest BCUT2D eigenvalue weighted by Crippen LogP contribution is 2.57. The van der Waals surface area contributed by atoms with Crippen LogP contribution in [0.2, 0.25) is 5.04 Å². The Morgan fingerprint density at radius 2 is 1.48 bits per heavy atom. The van der Waals surface area contributed by atoms with Gasteiger partial charge in [0.05, 0.1) is 0 Å². The molecule has 168 valence electrons. The van der Waals surface area contributed by atoms with Gasteiger partial charge < -0.3 is 4.43 Å². The molecule has 0 amide bonds. The molecule has 2 aromatic rings. The predicted molar refractivity (Wildman–Crippen MR) is 141 cm³/mol. The summed E-state index contributed by atoms with van der Waals surface area (Å²) in [5.74, 6) is 0.541. The molecular formula is C28H39BrOSi. The second-order valence-electron chi connectivity index (χ2n) is 10.9. The molecule has 1 aliphatic carbocycles. The van der Waals surface area contributed by atoms with E-state index in [1.54, 1.807) is 0 Å². The van der Waals surface area contributed by atoms with E-state index in [0.29, 0.717) is 5.92 Å². The van der Waals surface area contributed by atoms with Crippen molar-refractivity contribution in [3.63, 3.8) is 0 Å². The Labute approximate surface area is 199 Å². The Balaban J connectivity index is 2.00. The van der Waals surface area contributed by atoms with Crippen LogP contribution < -0.4 is 10.4 Å². The average molecular weight is 500 g/mol. The van der Waals surface area contributed by atoms with Crippen molar-refractivity contribution in [2.24, 2.45) is 16.7 Å². The summed E-state index contributed by atoms with van der Waals surface area (Å²) >= 11 is 3.56.